The van der Waals surface area contributed by atoms with E-state index in [1.165, 1.54) is 11.1 Å². The average Bonchev–Trinajstić information content (AvgIpc) is 2.93. The smallest absolute Gasteiger partial charge is 0.128 e. The van der Waals surface area contributed by atoms with Crippen LogP contribution < -0.4 is 0 Å². The van der Waals surface area contributed by atoms with E-state index >= 15 is 0 Å². The van der Waals surface area contributed by atoms with E-state index < -0.39 is 0 Å². The maximum atomic E-state index is 11.3. The van der Waals surface area contributed by atoms with Gasteiger partial charge < -0.3 is 10.2 Å². The highest BCUT2D eigenvalue weighted by atomic mass is 16.3. The number of phenolic OH excluding ortho intramolecular Hbond substituents is 2. The minimum absolute atomic E-state index is 0.0703. The highest BCUT2D eigenvalue weighted by Crippen LogP contribution is 2.43. The summed E-state index contributed by atoms with van der Waals surface area (Å²) in [4.78, 5) is 9.78. The van der Waals surface area contributed by atoms with Gasteiger partial charge in [0.1, 0.15) is 11.5 Å². The molecule has 0 aliphatic rings. The first kappa shape index (κ1) is 34.7. The summed E-state index contributed by atoms with van der Waals surface area (Å²) in [5.74, 6) is 0.572. The Morgan fingerprint density at radius 2 is 0.826 bits per heavy atom. The van der Waals surface area contributed by atoms with Crippen molar-refractivity contribution in [1.82, 2.24) is 9.97 Å². The van der Waals surface area contributed by atoms with Gasteiger partial charge in [0, 0.05) is 22.3 Å². The van der Waals surface area contributed by atoms with Gasteiger partial charge in [-0.2, -0.15) is 0 Å². The van der Waals surface area contributed by atoms with Crippen LogP contribution in [0.25, 0.3) is 34.7 Å². The summed E-state index contributed by atoms with van der Waals surface area (Å²) in [5, 5.41) is 22.7. The van der Waals surface area contributed by atoms with Crippen molar-refractivity contribution >= 4 is 12.2 Å². The van der Waals surface area contributed by atoms with Crippen molar-refractivity contribution in [3.05, 3.63) is 106 Å². The first-order valence-corrected chi connectivity index (χ1v) is 16.2. The number of hydrogen-bond donors (Lipinski definition) is 2. The molecule has 0 aliphatic heterocycles. The number of benzene rings is 2. The Bertz CT molecular complexity index is 1650. The maximum absolute atomic E-state index is 11.3. The van der Waals surface area contributed by atoms with Crippen LogP contribution in [0.3, 0.4) is 0 Å². The molecule has 0 aliphatic carbocycles. The summed E-state index contributed by atoms with van der Waals surface area (Å²) in [7, 11) is 0. The minimum Gasteiger partial charge on any atom is -0.507 e. The number of aromatic nitrogens is 2. The maximum Gasteiger partial charge on any atom is 0.128 e. The van der Waals surface area contributed by atoms with Crippen LogP contribution in [-0.4, -0.2) is 20.2 Å². The topological polar surface area (TPSA) is 66.2 Å². The van der Waals surface area contributed by atoms with E-state index in [-0.39, 0.29) is 33.2 Å². The molecule has 4 nitrogen and oxygen atoms in total. The molecule has 46 heavy (non-hydrogen) atoms. The van der Waals surface area contributed by atoms with Crippen LogP contribution in [0.15, 0.2) is 72.8 Å². The van der Waals surface area contributed by atoms with E-state index in [1.807, 2.05) is 60.7 Å². The Balaban J connectivity index is 1.65. The molecule has 0 bridgehead atoms. The van der Waals surface area contributed by atoms with Gasteiger partial charge in [-0.3, -0.25) is 0 Å². The number of pyridine rings is 2. The van der Waals surface area contributed by atoms with E-state index in [0.29, 0.717) is 0 Å². The minimum atomic E-state index is -0.212. The summed E-state index contributed by atoms with van der Waals surface area (Å²) in [6.45, 7) is 25.9. The van der Waals surface area contributed by atoms with Crippen molar-refractivity contribution in [1.29, 1.82) is 0 Å². The summed E-state index contributed by atoms with van der Waals surface area (Å²) in [5.41, 5.74) is 8.16. The molecule has 0 radical (unpaired) electrons. The number of allylic oxidation sites excluding steroid dienone is 2. The van der Waals surface area contributed by atoms with Crippen molar-refractivity contribution in [2.24, 2.45) is 0 Å². The number of rotatable bonds is 5. The third-order valence-electron chi connectivity index (χ3n) is 8.31. The first-order valence-electron chi connectivity index (χ1n) is 16.2. The van der Waals surface area contributed by atoms with Gasteiger partial charge in [-0.05, 0) is 81.3 Å². The summed E-state index contributed by atoms with van der Waals surface area (Å²) >= 11 is 0. The number of phenols is 2. The monoisotopic (exact) mass is 616 g/mol. The van der Waals surface area contributed by atoms with Crippen LogP contribution in [0.1, 0.15) is 117 Å². The summed E-state index contributed by atoms with van der Waals surface area (Å²) < 4.78 is 0. The highest BCUT2D eigenvalue weighted by molar-refractivity contribution is 5.73. The molecule has 0 unspecified atom stereocenters. The lowest BCUT2D eigenvalue weighted by molar-refractivity contribution is 0.445. The van der Waals surface area contributed by atoms with Crippen LogP contribution in [0.5, 0.6) is 11.5 Å². The van der Waals surface area contributed by atoms with Crippen molar-refractivity contribution in [3.63, 3.8) is 0 Å². The van der Waals surface area contributed by atoms with E-state index in [1.54, 1.807) is 0 Å². The van der Waals surface area contributed by atoms with Crippen molar-refractivity contribution < 1.29 is 10.2 Å². The number of aromatic hydroxyl groups is 2. The number of nitrogens with zero attached hydrogens (tertiary/aromatic N) is 2. The lowest BCUT2D eigenvalue weighted by Gasteiger charge is -2.27. The molecule has 0 amide bonds. The van der Waals surface area contributed by atoms with Crippen molar-refractivity contribution in [3.8, 4) is 34.0 Å². The van der Waals surface area contributed by atoms with E-state index in [4.69, 9.17) is 9.97 Å². The van der Waals surface area contributed by atoms with Gasteiger partial charge in [0.25, 0.3) is 0 Å². The van der Waals surface area contributed by atoms with Crippen molar-refractivity contribution in [2.75, 3.05) is 0 Å². The molecule has 2 aromatic heterocycles. The lowest BCUT2D eigenvalue weighted by atomic mass is 9.78. The Morgan fingerprint density at radius 3 is 1.13 bits per heavy atom. The van der Waals surface area contributed by atoms with Gasteiger partial charge >= 0.3 is 0 Å². The zero-order chi connectivity index (χ0) is 34.2. The fraction of sp³-hybridized carbons (Fsp3) is 0.381. The predicted octanol–water partition coefficient (Wildman–Crippen LogP) is 11.1. The van der Waals surface area contributed by atoms with Crippen LogP contribution in [0.4, 0.5) is 0 Å². The molecule has 0 saturated heterocycles. The van der Waals surface area contributed by atoms with Crippen LogP contribution in [0, 0.1) is 0 Å². The molecule has 2 heterocycles. The van der Waals surface area contributed by atoms with Crippen LogP contribution in [-0.2, 0) is 21.7 Å². The van der Waals surface area contributed by atoms with Gasteiger partial charge in [0.2, 0.25) is 0 Å². The van der Waals surface area contributed by atoms with E-state index in [0.717, 1.165) is 45.0 Å². The Morgan fingerprint density at radius 1 is 0.478 bits per heavy atom. The van der Waals surface area contributed by atoms with E-state index in [2.05, 4.69) is 107 Å². The third kappa shape index (κ3) is 7.96. The molecule has 242 valence electrons. The van der Waals surface area contributed by atoms with Gasteiger partial charge in [0.15, 0.2) is 0 Å². The van der Waals surface area contributed by atoms with Gasteiger partial charge in [-0.15, -0.1) is 0 Å². The molecule has 0 fully saturated rings. The average molecular weight is 617 g/mol. The quantitative estimate of drug-likeness (QED) is 0.219. The number of hydrogen-bond acceptors (Lipinski definition) is 4. The second-order valence-corrected chi connectivity index (χ2v) is 16.5. The molecule has 0 atom stereocenters. The predicted molar refractivity (Wildman–Crippen MR) is 196 cm³/mol. The molecular weight excluding hydrogens is 564 g/mol. The lowest BCUT2D eigenvalue weighted by Crippen LogP contribution is -2.17. The van der Waals surface area contributed by atoms with Crippen LogP contribution in [0.2, 0.25) is 0 Å². The highest BCUT2D eigenvalue weighted by Gasteiger charge is 2.27. The largest absolute Gasteiger partial charge is 0.507 e. The van der Waals surface area contributed by atoms with Crippen LogP contribution >= 0.6 is 0 Å². The standard InChI is InChI=1S/C42H52N2O2/c1-39(2,3)27-23-31(37(45)33(25-27)41(7,8)9)35-21-15-19-29(43-35)17-13-14-18-30-20-16-22-36(44-30)32-24-28(40(4,5)6)26-34(38(32)46)42(10,11)12/h13-26,45-46H,1-12H3/b17-13+,18-14+. The fourth-order valence-corrected chi connectivity index (χ4v) is 5.37. The van der Waals surface area contributed by atoms with Gasteiger partial charge in [-0.1, -0.05) is 120 Å². The summed E-state index contributed by atoms with van der Waals surface area (Å²) in [6.07, 6.45) is 7.80. The molecule has 2 aromatic carbocycles. The zero-order valence-corrected chi connectivity index (χ0v) is 29.9. The molecule has 4 heteroatoms. The summed E-state index contributed by atoms with van der Waals surface area (Å²) in [6, 6.07) is 20.2. The van der Waals surface area contributed by atoms with Gasteiger partial charge in [0.05, 0.1) is 22.8 Å². The molecule has 0 saturated carbocycles. The Kier molecular flexibility index (Phi) is 9.46. The Hall–Kier alpha value is -4.18. The van der Waals surface area contributed by atoms with Crippen molar-refractivity contribution in [2.45, 2.75) is 105 Å². The Labute approximate surface area is 277 Å². The molecule has 2 N–H and O–H groups in total. The second kappa shape index (κ2) is 12.5. The second-order valence-electron chi connectivity index (χ2n) is 16.5. The molecule has 4 aromatic rings. The zero-order valence-electron chi connectivity index (χ0n) is 29.9. The normalized spacial score (nSPS) is 13.2. The molecular formula is C42H52N2O2. The SMILES string of the molecule is CC(C)(C)c1cc(-c2cccc(/C=C/C=C/c3cccc(-c4cc(C(C)(C)C)cc(C(C)(C)C)c4O)n3)n2)c(O)c(C(C)(C)C)c1. The van der Waals surface area contributed by atoms with E-state index in [9.17, 15) is 10.2 Å². The first-order chi connectivity index (χ1) is 21.2. The van der Waals surface area contributed by atoms with Gasteiger partial charge in [-0.25, -0.2) is 9.97 Å². The third-order valence-corrected chi connectivity index (χ3v) is 8.31. The molecule has 4 rings (SSSR count). The molecule has 0 spiro atoms. The fourth-order valence-electron chi connectivity index (χ4n) is 5.37.